The maximum Gasteiger partial charge on any atom is -0.00127 e. The summed E-state index contributed by atoms with van der Waals surface area (Å²) in [6.45, 7) is 3.56. The minimum Gasteiger partial charge on any atom is -0.316 e. The van der Waals surface area contributed by atoms with Crippen molar-refractivity contribution in [1.82, 2.24) is 10.2 Å². The molecule has 0 aromatic carbocycles. The Morgan fingerprint density at radius 2 is 2.21 bits per heavy atom. The summed E-state index contributed by atoms with van der Waals surface area (Å²) < 4.78 is 0. The van der Waals surface area contributed by atoms with E-state index in [-0.39, 0.29) is 0 Å². The van der Waals surface area contributed by atoms with Crippen molar-refractivity contribution in [2.75, 3.05) is 33.7 Å². The number of nitrogens with zero attached hydrogens (tertiary/aromatic N) is 1. The Balaban J connectivity index is 1.90. The maximum atomic E-state index is 3.55. The Labute approximate surface area is 88.4 Å². The monoisotopic (exact) mass is 196 g/mol. The van der Waals surface area contributed by atoms with Crippen LogP contribution >= 0.6 is 0 Å². The van der Waals surface area contributed by atoms with E-state index in [1.807, 2.05) is 0 Å². The van der Waals surface area contributed by atoms with Crippen molar-refractivity contribution in [3.63, 3.8) is 0 Å². The molecule has 0 unspecified atom stereocenters. The molecule has 0 radical (unpaired) electrons. The smallest absolute Gasteiger partial charge is 0.00127 e. The van der Waals surface area contributed by atoms with Crippen LogP contribution in [0.15, 0.2) is 12.2 Å². The van der Waals surface area contributed by atoms with Crippen LogP contribution in [0.2, 0.25) is 0 Å². The zero-order valence-corrected chi connectivity index (χ0v) is 9.63. The van der Waals surface area contributed by atoms with E-state index in [2.05, 4.69) is 36.5 Å². The van der Waals surface area contributed by atoms with Gasteiger partial charge in [-0.3, -0.25) is 0 Å². The minimum absolute atomic E-state index is 0.888. The van der Waals surface area contributed by atoms with Crippen molar-refractivity contribution in [3.8, 4) is 0 Å². The van der Waals surface area contributed by atoms with Crippen LogP contribution in [0.4, 0.5) is 0 Å². The summed E-state index contributed by atoms with van der Waals surface area (Å²) in [5, 5.41) is 3.55. The summed E-state index contributed by atoms with van der Waals surface area (Å²) in [6.07, 6.45) is 9.83. The van der Waals surface area contributed by atoms with Crippen LogP contribution in [0.1, 0.15) is 25.7 Å². The molecule has 0 aliphatic heterocycles. The second-order valence-corrected chi connectivity index (χ2v) is 4.51. The highest BCUT2D eigenvalue weighted by molar-refractivity contribution is 4.90. The van der Waals surface area contributed by atoms with E-state index in [0.717, 1.165) is 5.92 Å². The van der Waals surface area contributed by atoms with Crippen LogP contribution in [0.3, 0.4) is 0 Å². The van der Waals surface area contributed by atoms with Gasteiger partial charge < -0.3 is 10.2 Å². The number of nitrogens with one attached hydrogen (secondary N) is 1. The van der Waals surface area contributed by atoms with E-state index < -0.39 is 0 Å². The predicted molar refractivity (Wildman–Crippen MR) is 62.5 cm³/mol. The molecule has 1 atom stereocenters. The van der Waals surface area contributed by atoms with Gasteiger partial charge in [0.2, 0.25) is 0 Å². The lowest BCUT2D eigenvalue weighted by Gasteiger charge is -2.18. The Hall–Kier alpha value is -0.340. The summed E-state index contributed by atoms with van der Waals surface area (Å²) in [5.41, 5.74) is 0. The van der Waals surface area contributed by atoms with Crippen LogP contribution < -0.4 is 5.32 Å². The third-order valence-corrected chi connectivity index (χ3v) is 2.77. The van der Waals surface area contributed by atoms with E-state index in [1.54, 1.807) is 0 Å². The Morgan fingerprint density at radius 3 is 2.86 bits per heavy atom. The van der Waals surface area contributed by atoms with E-state index in [1.165, 1.54) is 45.3 Å². The first-order valence-electron chi connectivity index (χ1n) is 5.79. The molecule has 2 nitrogen and oxygen atoms in total. The third kappa shape index (κ3) is 5.40. The summed E-state index contributed by atoms with van der Waals surface area (Å²) in [6, 6.07) is 0. The van der Waals surface area contributed by atoms with Gasteiger partial charge in [-0.2, -0.15) is 0 Å². The van der Waals surface area contributed by atoms with Gasteiger partial charge in [0.25, 0.3) is 0 Å². The predicted octanol–water partition coefficient (Wildman–Crippen LogP) is 1.88. The molecule has 1 aliphatic carbocycles. The molecular formula is C12H24N2. The van der Waals surface area contributed by atoms with Crippen molar-refractivity contribution < 1.29 is 0 Å². The van der Waals surface area contributed by atoms with Gasteiger partial charge in [0, 0.05) is 0 Å². The zero-order chi connectivity index (χ0) is 10.2. The van der Waals surface area contributed by atoms with Crippen molar-refractivity contribution in [1.29, 1.82) is 0 Å². The Morgan fingerprint density at radius 1 is 1.36 bits per heavy atom. The van der Waals surface area contributed by atoms with E-state index >= 15 is 0 Å². The van der Waals surface area contributed by atoms with Crippen molar-refractivity contribution in [2.24, 2.45) is 5.92 Å². The van der Waals surface area contributed by atoms with Gasteiger partial charge in [-0.25, -0.2) is 0 Å². The van der Waals surface area contributed by atoms with Gasteiger partial charge in [-0.1, -0.05) is 12.2 Å². The number of allylic oxidation sites excluding steroid dienone is 2. The van der Waals surface area contributed by atoms with Gasteiger partial charge in [0.05, 0.1) is 0 Å². The zero-order valence-electron chi connectivity index (χ0n) is 9.63. The molecule has 1 rings (SSSR count). The van der Waals surface area contributed by atoms with E-state index in [9.17, 15) is 0 Å². The van der Waals surface area contributed by atoms with Gasteiger partial charge in [0.1, 0.15) is 0 Å². The summed E-state index contributed by atoms with van der Waals surface area (Å²) in [4.78, 5) is 2.24. The minimum atomic E-state index is 0.888. The maximum absolute atomic E-state index is 3.55. The second-order valence-electron chi connectivity index (χ2n) is 4.51. The lowest BCUT2D eigenvalue weighted by molar-refractivity contribution is 0.382. The molecule has 1 N–H and O–H groups in total. The highest BCUT2D eigenvalue weighted by Crippen LogP contribution is 2.16. The van der Waals surface area contributed by atoms with Gasteiger partial charge in [-0.15, -0.1) is 0 Å². The number of hydrogen-bond acceptors (Lipinski definition) is 2. The second kappa shape index (κ2) is 7.02. The molecule has 0 spiro atoms. The van der Waals surface area contributed by atoms with Crippen LogP contribution in [0.5, 0.6) is 0 Å². The topological polar surface area (TPSA) is 15.3 Å². The average molecular weight is 196 g/mol. The molecule has 0 saturated heterocycles. The standard InChI is InChI=1S/C12H24N2/c1-14(2)10-6-9-13-11-12-7-4-3-5-8-12/h3-4,12-13H,5-11H2,1-2H3/t12-/m0/s1. The summed E-state index contributed by atoms with van der Waals surface area (Å²) in [7, 11) is 4.26. The third-order valence-electron chi connectivity index (χ3n) is 2.77. The van der Waals surface area contributed by atoms with Crippen molar-refractivity contribution in [3.05, 3.63) is 12.2 Å². The number of rotatable bonds is 6. The quantitative estimate of drug-likeness (QED) is 0.515. The lowest BCUT2D eigenvalue weighted by atomic mass is 9.94. The molecule has 0 amide bonds. The normalized spacial score (nSPS) is 21.8. The molecular weight excluding hydrogens is 172 g/mol. The van der Waals surface area contributed by atoms with Crippen LogP contribution in [-0.4, -0.2) is 38.6 Å². The molecule has 14 heavy (non-hydrogen) atoms. The van der Waals surface area contributed by atoms with Gasteiger partial charge >= 0.3 is 0 Å². The molecule has 82 valence electrons. The first-order chi connectivity index (χ1) is 6.79. The molecule has 0 fully saturated rings. The first-order valence-corrected chi connectivity index (χ1v) is 5.79. The summed E-state index contributed by atoms with van der Waals surface area (Å²) >= 11 is 0. The van der Waals surface area contributed by atoms with Crippen molar-refractivity contribution in [2.45, 2.75) is 25.7 Å². The lowest BCUT2D eigenvalue weighted by Crippen LogP contribution is -2.26. The number of hydrogen-bond donors (Lipinski definition) is 1. The summed E-state index contributed by atoms with van der Waals surface area (Å²) in [5.74, 6) is 0.888. The average Bonchev–Trinajstić information content (AvgIpc) is 2.18. The molecule has 0 aromatic rings. The molecule has 0 heterocycles. The first kappa shape index (κ1) is 11.7. The Kier molecular flexibility index (Phi) is 5.88. The van der Waals surface area contributed by atoms with Crippen LogP contribution in [0, 0.1) is 5.92 Å². The molecule has 0 aromatic heterocycles. The highest BCUT2D eigenvalue weighted by atomic mass is 15.1. The molecule has 0 bridgehead atoms. The van der Waals surface area contributed by atoms with Gasteiger partial charge in [0.15, 0.2) is 0 Å². The highest BCUT2D eigenvalue weighted by Gasteiger charge is 2.08. The largest absolute Gasteiger partial charge is 0.316 e. The van der Waals surface area contributed by atoms with Crippen LogP contribution in [0.25, 0.3) is 0 Å². The fourth-order valence-electron chi connectivity index (χ4n) is 1.87. The fraction of sp³-hybridized carbons (Fsp3) is 0.833. The molecule has 0 saturated carbocycles. The van der Waals surface area contributed by atoms with Crippen LogP contribution in [-0.2, 0) is 0 Å². The Bertz CT molecular complexity index is 164. The molecule has 1 aliphatic rings. The fourth-order valence-corrected chi connectivity index (χ4v) is 1.87. The van der Waals surface area contributed by atoms with E-state index in [4.69, 9.17) is 0 Å². The SMILES string of the molecule is CN(C)CCCNC[C@H]1CC=CCC1. The van der Waals surface area contributed by atoms with Gasteiger partial charge in [-0.05, 0) is 65.3 Å². The molecule has 2 heteroatoms. The van der Waals surface area contributed by atoms with E-state index in [0.29, 0.717) is 0 Å². The van der Waals surface area contributed by atoms with Crippen molar-refractivity contribution >= 4 is 0 Å².